The number of nitrogens with one attached hydrogen (secondary N) is 1. The van der Waals surface area contributed by atoms with Gasteiger partial charge in [-0.15, -0.1) is 0 Å². The Labute approximate surface area is 177 Å². The van der Waals surface area contributed by atoms with Gasteiger partial charge in [0.25, 0.3) is 11.8 Å². The van der Waals surface area contributed by atoms with Crippen LogP contribution in [-0.2, 0) is 11.3 Å². The second-order valence-corrected chi connectivity index (χ2v) is 7.82. The van der Waals surface area contributed by atoms with Gasteiger partial charge in [0.2, 0.25) is 0 Å². The average Bonchev–Trinajstić information content (AvgIpc) is 2.71. The summed E-state index contributed by atoms with van der Waals surface area (Å²) in [6, 6.07) is 20.6. The lowest BCUT2D eigenvalue weighted by molar-refractivity contribution is -0.121. The molecule has 146 valence electrons. The summed E-state index contributed by atoms with van der Waals surface area (Å²) in [5.41, 5.74) is 3.86. The van der Waals surface area contributed by atoms with Gasteiger partial charge in [-0.1, -0.05) is 45.8 Å². The van der Waals surface area contributed by atoms with Crippen molar-refractivity contribution in [3.63, 3.8) is 0 Å². The maximum atomic E-state index is 12.6. The number of amides is 2. The number of fused-ring (bicyclic) bond motifs is 1. The molecule has 0 saturated carbocycles. The van der Waals surface area contributed by atoms with Gasteiger partial charge in [0, 0.05) is 15.7 Å². The number of hydrogen-bond acceptors (Lipinski definition) is 3. The molecule has 0 spiro atoms. The van der Waals surface area contributed by atoms with Crippen LogP contribution in [0.4, 0.5) is 11.4 Å². The van der Waals surface area contributed by atoms with Crippen molar-refractivity contribution in [2.45, 2.75) is 13.5 Å². The summed E-state index contributed by atoms with van der Waals surface area (Å²) < 4.78 is 6.55. The Bertz CT molecular complexity index is 1080. The average molecular weight is 451 g/mol. The van der Waals surface area contributed by atoms with Crippen molar-refractivity contribution in [2.24, 2.45) is 0 Å². The quantitative estimate of drug-likeness (QED) is 0.612. The number of halogens is 1. The van der Waals surface area contributed by atoms with Crippen LogP contribution in [0.1, 0.15) is 21.5 Å². The van der Waals surface area contributed by atoms with E-state index in [-0.39, 0.29) is 18.4 Å². The number of hydrogen-bond donors (Lipinski definition) is 1. The predicted molar refractivity (Wildman–Crippen MR) is 116 cm³/mol. The zero-order valence-electron chi connectivity index (χ0n) is 15.8. The Morgan fingerprint density at radius 1 is 1.10 bits per heavy atom. The number of rotatable bonds is 4. The first kappa shape index (κ1) is 19.2. The van der Waals surface area contributed by atoms with Gasteiger partial charge in [0.1, 0.15) is 5.75 Å². The van der Waals surface area contributed by atoms with Crippen molar-refractivity contribution >= 4 is 39.1 Å². The fraction of sp³-hybridized carbons (Fsp3) is 0.130. The summed E-state index contributed by atoms with van der Waals surface area (Å²) in [5, 5.41) is 2.90. The third-order valence-corrected chi connectivity index (χ3v) is 5.22. The largest absolute Gasteiger partial charge is 0.482 e. The Balaban J connectivity index is 1.60. The molecule has 2 amide bonds. The normalized spacial score (nSPS) is 12.9. The van der Waals surface area contributed by atoms with E-state index in [2.05, 4.69) is 21.2 Å². The van der Waals surface area contributed by atoms with Gasteiger partial charge in [0.15, 0.2) is 6.61 Å². The van der Waals surface area contributed by atoms with Crippen LogP contribution in [0.3, 0.4) is 0 Å². The Morgan fingerprint density at radius 3 is 2.66 bits per heavy atom. The zero-order chi connectivity index (χ0) is 20.4. The summed E-state index contributed by atoms with van der Waals surface area (Å²) in [5.74, 6) is 0.300. The third kappa shape index (κ3) is 4.32. The molecule has 1 aliphatic heterocycles. The van der Waals surface area contributed by atoms with Crippen LogP contribution in [0.2, 0.25) is 0 Å². The van der Waals surface area contributed by atoms with Gasteiger partial charge in [-0.2, -0.15) is 0 Å². The number of aryl methyl sites for hydroxylation is 1. The molecular weight excluding hydrogens is 432 g/mol. The topological polar surface area (TPSA) is 58.6 Å². The minimum absolute atomic E-state index is 0.00146. The molecule has 29 heavy (non-hydrogen) atoms. The van der Waals surface area contributed by atoms with E-state index in [1.54, 1.807) is 29.2 Å². The second-order valence-electron chi connectivity index (χ2n) is 6.90. The lowest BCUT2D eigenvalue weighted by Gasteiger charge is -2.30. The molecule has 0 aliphatic carbocycles. The summed E-state index contributed by atoms with van der Waals surface area (Å²) in [7, 11) is 0. The molecule has 1 N–H and O–H groups in total. The highest BCUT2D eigenvalue weighted by molar-refractivity contribution is 9.10. The summed E-state index contributed by atoms with van der Waals surface area (Å²) >= 11 is 3.42. The Morgan fingerprint density at radius 2 is 1.90 bits per heavy atom. The molecule has 0 saturated heterocycles. The maximum Gasteiger partial charge on any atom is 0.265 e. The highest BCUT2D eigenvalue weighted by Gasteiger charge is 2.26. The van der Waals surface area contributed by atoms with E-state index in [4.69, 9.17) is 4.74 Å². The van der Waals surface area contributed by atoms with Crippen molar-refractivity contribution in [1.82, 2.24) is 0 Å². The lowest BCUT2D eigenvalue weighted by atomic mass is 10.1. The number of ether oxygens (including phenoxy) is 1. The zero-order valence-corrected chi connectivity index (χ0v) is 17.4. The number of anilines is 2. The number of carbonyl (C=O) groups is 2. The van der Waals surface area contributed by atoms with Crippen molar-refractivity contribution in [3.8, 4) is 5.75 Å². The van der Waals surface area contributed by atoms with Crippen LogP contribution >= 0.6 is 15.9 Å². The molecular formula is C23H19BrN2O3. The Hall–Kier alpha value is -3.12. The van der Waals surface area contributed by atoms with Crippen molar-refractivity contribution in [2.75, 3.05) is 16.8 Å². The maximum absolute atomic E-state index is 12.6. The summed E-state index contributed by atoms with van der Waals surface area (Å²) in [6.45, 7) is 2.37. The monoisotopic (exact) mass is 450 g/mol. The van der Waals surface area contributed by atoms with Crippen molar-refractivity contribution in [3.05, 3.63) is 87.9 Å². The van der Waals surface area contributed by atoms with Crippen LogP contribution in [0.15, 0.2) is 71.2 Å². The van der Waals surface area contributed by atoms with E-state index in [0.717, 1.165) is 15.6 Å². The lowest BCUT2D eigenvalue weighted by Crippen LogP contribution is -2.38. The highest BCUT2D eigenvalue weighted by Crippen LogP contribution is 2.35. The molecule has 6 heteroatoms. The molecule has 5 nitrogen and oxygen atoms in total. The van der Waals surface area contributed by atoms with Gasteiger partial charge in [-0.25, -0.2) is 0 Å². The molecule has 0 radical (unpaired) electrons. The molecule has 1 heterocycles. The highest BCUT2D eigenvalue weighted by atomic mass is 79.9. The number of carbonyl (C=O) groups excluding carboxylic acids is 2. The second kappa shape index (κ2) is 8.09. The molecule has 0 fully saturated rings. The van der Waals surface area contributed by atoms with Gasteiger partial charge >= 0.3 is 0 Å². The van der Waals surface area contributed by atoms with Crippen LogP contribution in [0, 0.1) is 6.92 Å². The predicted octanol–water partition coefficient (Wildman–Crippen LogP) is 4.94. The Kier molecular flexibility index (Phi) is 5.36. The van der Waals surface area contributed by atoms with E-state index in [1.165, 1.54) is 0 Å². The van der Waals surface area contributed by atoms with Crippen molar-refractivity contribution in [1.29, 1.82) is 0 Å². The smallest absolute Gasteiger partial charge is 0.265 e. The van der Waals surface area contributed by atoms with Crippen molar-refractivity contribution < 1.29 is 14.3 Å². The van der Waals surface area contributed by atoms with E-state index in [1.807, 2.05) is 49.4 Å². The van der Waals surface area contributed by atoms with Crippen LogP contribution in [-0.4, -0.2) is 18.4 Å². The van der Waals surface area contributed by atoms with Crippen LogP contribution < -0.4 is 15.0 Å². The first-order valence-corrected chi connectivity index (χ1v) is 9.98. The molecule has 4 rings (SSSR count). The fourth-order valence-corrected chi connectivity index (χ4v) is 3.48. The molecule has 3 aromatic carbocycles. The molecule has 0 bridgehead atoms. The van der Waals surface area contributed by atoms with Gasteiger partial charge in [-0.3, -0.25) is 9.59 Å². The fourth-order valence-electron chi connectivity index (χ4n) is 3.22. The van der Waals surface area contributed by atoms with E-state index in [0.29, 0.717) is 29.2 Å². The van der Waals surface area contributed by atoms with E-state index in [9.17, 15) is 9.59 Å². The van der Waals surface area contributed by atoms with Crippen LogP contribution in [0.5, 0.6) is 5.75 Å². The number of benzene rings is 3. The standard InChI is InChI=1S/C23H19BrN2O3/c1-15-3-2-4-17(11-15)23(28)25-19-9-10-21-20(12-19)26(22(27)14-29-21)13-16-5-7-18(24)8-6-16/h2-12H,13-14H2,1H3,(H,25,28). The minimum Gasteiger partial charge on any atom is -0.482 e. The summed E-state index contributed by atoms with van der Waals surface area (Å²) in [6.07, 6.45) is 0. The minimum atomic E-state index is -0.198. The van der Waals surface area contributed by atoms with E-state index >= 15 is 0 Å². The third-order valence-electron chi connectivity index (χ3n) is 4.69. The van der Waals surface area contributed by atoms with Gasteiger partial charge in [0.05, 0.1) is 12.2 Å². The first-order valence-electron chi connectivity index (χ1n) is 9.19. The number of nitrogens with zero attached hydrogens (tertiary/aromatic N) is 1. The SMILES string of the molecule is Cc1cccc(C(=O)Nc2ccc3c(c2)N(Cc2ccc(Br)cc2)C(=O)CO3)c1. The molecule has 1 aliphatic rings. The first-order chi connectivity index (χ1) is 14.0. The summed E-state index contributed by atoms with van der Waals surface area (Å²) in [4.78, 5) is 26.8. The van der Waals surface area contributed by atoms with Gasteiger partial charge in [-0.05, 0) is 55.0 Å². The molecule has 0 aromatic heterocycles. The van der Waals surface area contributed by atoms with Gasteiger partial charge < -0.3 is 15.0 Å². The van der Waals surface area contributed by atoms with E-state index < -0.39 is 0 Å². The molecule has 0 unspecified atom stereocenters. The molecule has 0 atom stereocenters. The van der Waals surface area contributed by atoms with Crippen LogP contribution in [0.25, 0.3) is 0 Å². The molecule has 3 aromatic rings.